The Kier molecular flexibility index (Phi) is 4.93. The van der Waals surface area contributed by atoms with Crippen LogP contribution in [0.15, 0.2) is 24.3 Å². The zero-order valence-corrected chi connectivity index (χ0v) is 10.6. The van der Waals surface area contributed by atoms with Crippen molar-refractivity contribution in [2.75, 3.05) is 18.6 Å². The van der Waals surface area contributed by atoms with E-state index in [1.165, 1.54) is 0 Å². The summed E-state index contributed by atoms with van der Waals surface area (Å²) >= 11 is 0. The number of nitrogens with one attached hydrogen (secondary N) is 1. The van der Waals surface area contributed by atoms with Crippen molar-refractivity contribution in [3.63, 3.8) is 0 Å². The lowest BCUT2D eigenvalue weighted by molar-refractivity contribution is -0.118. The summed E-state index contributed by atoms with van der Waals surface area (Å²) in [7, 11) is 0. The number of carbonyl (C=O) groups excluding carboxylic acids is 1. The second-order valence-corrected chi connectivity index (χ2v) is 4.18. The first kappa shape index (κ1) is 14.7. The zero-order valence-electron chi connectivity index (χ0n) is 9.82. The molecule has 3 N–H and O–H groups in total. The van der Waals surface area contributed by atoms with Crippen molar-refractivity contribution in [3.05, 3.63) is 24.3 Å². The molecule has 4 nitrogen and oxygen atoms in total. The van der Waals surface area contributed by atoms with Crippen LogP contribution in [0.4, 0.5) is 10.1 Å². The molecule has 1 aromatic carbocycles. The van der Waals surface area contributed by atoms with E-state index in [1.54, 1.807) is 24.3 Å². The molecule has 2 rings (SSSR count). The fraction of sp³-hybridized carbons (Fsp3) is 0.417. The molecule has 0 aliphatic heterocycles. The van der Waals surface area contributed by atoms with E-state index in [4.69, 9.17) is 10.5 Å². The molecular formula is C12H16ClFN2O2. The van der Waals surface area contributed by atoms with E-state index in [1.807, 2.05) is 0 Å². The van der Waals surface area contributed by atoms with Gasteiger partial charge >= 0.3 is 0 Å². The SMILES string of the molecule is Cl.NC1(C(=O)Nc2cccc(OCCF)c2)CC1. The van der Waals surface area contributed by atoms with Gasteiger partial charge in [0.2, 0.25) is 5.91 Å². The molecule has 0 spiro atoms. The smallest absolute Gasteiger partial charge is 0.244 e. The minimum atomic E-state index is -0.699. The van der Waals surface area contributed by atoms with Crippen molar-refractivity contribution in [2.24, 2.45) is 5.73 Å². The number of hydrogen-bond acceptors (Lipinski definition) is 3. The first-order valence-corrected chi connectivity index (χ1v) is 5.53. The van der Waals surface area contributed by atoms with Crippen molar-refractivity contribution < 1.29 is 13.9 Å². The molecule has 0 atom stereocenters. The van der Waals surface area contributed by atoms with E-state index < -0.39 is 12.2 Å². The van der Waals surface area contributed by atoms with Gasteiger partial charge in [-0.3, -0.25) is 4.79 Å². The van der Waals surface area contributed by atoms with Gasteiger partial charge in [0, 0.05) is 11.8 Å². The largest absolute Gasteiger partial charge is 0.491 e. The zero-order chi connectivity index (χ0) is 12.3. The first-order chi connectivity index (χ1) is 8.14. The predicted molar refractivity (Wildman–Crippen MR) is 69.9 cm³/mol. The molecule has 1 aromatic rings. The van der Waals surface area contributed by atoms with Gasteiger partial charge in [0.15, 0.2) is 0 Å². The maximum Gasteiger partial charge on any atom is 0.244 e. The van der Waals surface area contributed by atoms with E-state index in [0.29, 0.717) is 11.4 Å². The van der Waals surface area contributed by atoms with Gasteiger partial charge < -0.3 is 15.8 Å². The predicted octanol–water partition coefficient (Wildman–Crippen LogP) is 1.89. The second-order valence-electron chi connectivity index (χ2n) is 4.18. The van der Waals surface area contributed by atoms with Gasteiger partial charge in [-0.15, -0.1) is 12.4 Å². The van der Waals surface area contributed by atoms with Crippen LogP contribution in [0.25, 0.3) is 0 Å². The van der Waals surface area contributed by atoms with Crippen molar-refractivity contribution in [3.8, 4) is 5.75 Å². The molecule has 100 valence electrons. The van der Waals surface area contributed by atoms with Gasteiger partial charge in [0.25, 0.3) is 0 Å². The molecule has 18 heavy (non-hydrogen) atoms. The number of amides is 1. The summed E-state index contributed by atoms with van der Waals surface area (Å²) in [5.74, 6) is 0.349. The standard InChI is InChI=1S/C12H15FN2O2.ClH/c13-6-7-17-10-3-1-2-9(8-10)15-11(16)12(14)4-5-12;/h1-3,8H,4-7,14H2,(H,15,16);1H. The van der Waals surface area contributed by atoms with Crippen LogP contribution in [0, 0.1) is 0 Å². The Morgan fingerprint density at radius 3 is 2.83 bits per heavy atom. The molecule has 0 bridgehead atoms. The Bertz CT molecular complexity index is 424. The number of anilines is 1. The Morgan fingerprint density at radius 1 is 1.50 bits per heavy atom. The highest BCUT2D eigenvalue weighted by Crippen LogP contribution is 2.33. The number of rotatable bonds is 5. The van der Waals surface area contributed by atoms with Crippen LogP contribution in [-0.4, -0.2) is 24.7 Å². The summed E-state index contributed by atoms with van der Waals surface area (Å²) in [5, 5.41) is 2.72. The Morgan fingerprint density at radius 2 is 2.22 bits per heavy atom. The maximum absolute atomic E-state index is 11.9. The summed E-state index contributed by atoms with van der Waals surface area (Å²) in [6.07, 6.45) is 1.44. The van der Waals surface area contributed by atoms with Crippen LogP contribution in [-0.2, 0) is 4.79 Å². The lowest BCUT2D eigenvalue weighted by Crippen LogP contribution is -2.37. The van der Waals surface area contributed by atoms with E-state index >= 15 is 0 Å². The number of halogens is 2. The molecule has 0 heterocycles. The van der Waals surface area contributed by atoms with Gasteiger partial charge in [-0.1, -0.05) is 6.07 Å². The Hall–Kier alpha value is -1.33. The van der Waals surface area contributed by atoms with Crippen molar-refractivity contribution in [2.45, 2.75) is 18.4 Å². The molecule has 1 fully saturated rings. The second kappa shape index (κ2) is 6.02. The number of hydrogen-bond donors (Lipinski definition) is 2. The summed E-state index contributed by atoms with van der Waals surface area (Å²) in [6, 6.07) is 6.84. The fourth-order valence-corrected chi connectivity index (χ4v) is 1.44. The minimum Gasteiger partial charge on any atom is -0.491 e. The highest BCUT2D eigenvalue weighted by molar-refractivity contribution is 6.00. The monoisotopic (exact) mass is 274 g/mol. The quantitative estimate of drug-likeness (QED) is 0.862. The highest BCUT2D eigenvalue weighted by atomic mass is 35.5. The first-order valence-electron chi connectivity index (χ1n) is 5.53. The lowest BCUT2D eigenvalue weighted by Gasteiger charge is -2.11. The van der Waals surface area contributed by atoms with Crippen LogP contribution < -0.4 is 15.8 Å². The average Bonchev–Trinajstić information content (AvgIpc) is 3.07. The molecule has 0 saturated heterocycles. The van der Waals surface area contributed by atoms with E-state index in [2.05, 4.69) is 5.32 Å². The summed E-state index contributed by atoms with van der Waals surface area (Å²) in [4.78, 5) is 11.7. The Balaban J connectivity index is 0.00000162. The highest BCUT2D eigenvalue weighted by Gasteiger charge is 2.45. The van der Waals surface area contributed by atoms with E-state index in [0.717, 1.165) is 12.8 Å². The van der Waals surface area contributed by atoms with E-state index in [9.17, 15) is 9.18 Å². The van der Waals surface area contributed by atoms with Gasteiger partial charge in [-0.2, -0.15) is 0 Å². The number of nitrogens with two attached hydrogens (primary N) is 1. The van der Waals surface area contributed by atoms with Crippen LogP contribution in [0.2, 0.25) is 0 Å². The molecule has 0 aromatic heterocycles. The number of ether oxygens (including phenoxy) is 1. The van der Waals surface area contributed by atoms with Crippen LogP contribution in [0.3, 0.4) is 0 Å². The van der Waals surface area contributed by atoms with Crippen LogP contribution in [0.1, 0.15) is 12.8 Å². The minimum absolute atomic E-state index is 0. The number of alkyl halides is 1. The molecule has 0 radical (unpaired) electrons. The summed E-state index contributed by atoms with van der Waals surface area (Å²) in [5.41, 5.74) is 5.68. The summed E-state index contributed by atoms with van der Waals surface area (Å²) < 4.78 is 17.1. The molecular weight excluding hydrogens is 259 g/mol. The topological polar surface area (TPSA) is 64.4 Å². The Labute approximate surface area is 111 Å². The summed E-state index contributed by atoms with van der Waals surface area (Å²) in [6.45, 7) is -0.527. The molecule has 1 amide bonds. The molecule has 6 heteroatoms. The van der Waals surface area contributed by atoms with Gasteiger partial charge in [-0.25, -0.2) is 4.39 Å². The third-order valence-electron chi connectivity index (χ3n) is 2.68. The van der Waals surface area contributed by atoms with Crippen LogP contribution >= 0.6 is 12.4 Å². The molecule has 1 aliphatic carbocycles. The molecule has 0 unspecified atom stereocenters. The number of carbonyl (C=O) groups is 1. The van der Waals surface area contributed by atoms with Crippen LogP contribution in [0.5, 0.6) is 5.75 Å². The van der Waals surface area contributed by atoms with Gasteiger partial charge in [0.05, 0.1) is 5.54 Å². The van der Waals surface area contributed by atoms with Crippen molar-refractivity contribution in [1.29, 1.82) is 0 Å². The van der Waals surface area contributed by atoms with Crippen molar-refractivity contribution >= 4 is 24.0 Å². The normalized spacial score (nSPS) is 15.4. The molecule has 1 aliphatic rings. The van der Waals surface area contributed by atoms with Gasteiger partial charge in [0.1, 0.15) is 19.0 Å². The third-order valence-corrected chi connectivity index (χ3v) is 2.68. The van der Waals surface area contributed by atoms with Gasteiger partial charge in [-0.05, 0) is 25.0 Å². The lowest BCUT2D eigenvalue weighted by atomic mass is 10.2. The average molecular weight is 275 g/mol. The van der Waals surface area contributed by atoms with E-state index in [-0.39, 0.29) is 24.9 Å². The fourth-order valence-electron chi connectivity index (χ4n) is 1.44. The third kappa shape index (κ3) is 3.58. The molecule has 1 saturated carbocycles. The van der Waals surface area contributed by atoms with Crippen molar-refractivity contribution in [1.82, 2.24) is 0 Å². The maximum atomic E-state index is 11.9. The number of benzene rings is 1.